The van der Waals surface area contributed by atoms with E-state index in [0.717, 1.165) is 44.1 Å². The summed E-state index contributed by atoms with van der Waals surface area (Å²) in [6.45, 7) is 6.44. The maximum Gasteiger partial charge on any atom is 0.289 e. The lowest BCUT2D eigenvalue weighted by Gasteiger charge is -2.36. The zero-order valence-corrected chi connectivity index (χ0v) is 19.5. The maximum absolute atomic E-state index is 12.4. The molecule has 1 amide bonds. The number of furan rings is 1. The van der Waals surface area contributed by atoms with Crippen LogP contribution < -0.4 is 5.32 Å². The number of para-hydroxylation sites is 1. The second-order valence-electron chi connectivity index (χ2n) is 7.10. The molecule has 2 N–H and O–H groups in total. The third-order valence-corrected chi connectivity index (χ3v) is 5.25. The van der Waals surface area contributed by atoms with Gasteiger partial charge < -0.3 is 24.5 Å². The van der Waals surface area contributed by atoms with E-state index in [1.54, 1.807) is 12.1 Å². The molecule has 30 heavy (non-hydrogen) atoms. The number of benzene rings is 1. The summed E-state index contributed by atoms with van der Waals surface area (Å²) in [5.74, 6) is 1.27. The van der Waals surface area contributed by atoms with Crippen LogP contribution in [0.5, 0.6) is 0 Å². The lowest BCUT2D eigenvalue weighted by Crippen LogP contribution is -2.53. The van der Waals surface area contributed by atoms with Crippen molar-refractivity contribution >= 4 is 46.7 Å². The molecule has 2 aromatic heterocycles. The van der Waals surface area contributed by atoms with Gasteiger partial charge in [0, 0.05) is 56.4 Å². The summed E-state index contributed by atoms with van der Waals surface area (Å²) in [5.41, 5.74) is 2.45. The summed E-state index contributed by atoms with van der Waals surface area (Å²) in [6.07, 6.45) is 4.50. The van der Waals surface area contributed by atoms with Crippen LogP contribution in [-0.4, -0.2) is 65.9 Å². The number of nitrogens with one attached hydrogen (secondary N) is 2. The van der Waals surface area contributed by atoms with Gasteiger partial charge in [-0.25, -0.2) is 0 Å². The molecule has 1 aliphatic rings. The number of hydrogen-bond acceptors (Lipinski definition) is 3. The number of nitrogens with zero attached hydrogens (tertiary/aromatic N) is 3. The fraction of sp³-hybridized carbons (Fsp3) is 0.364. The average Bonchev–Trinajstić information content (AvgIpc) is 3.43. The molecule has 7 nitrogen and oxygen atoms in total. The zero-order chi connectivity index (χ0) is 20.1. The van der Waals surface area contributed by atoms with Crippen molar-refractivity contribution in [1.82, 2.24) is 20.1 Å². The topological polar surface area (TPSA) is 76.9 Å². The fourth-order valence-corrected chi connectivity index (χ4v) is 3.72. The Morgan fingerprint density at radius 1 is 1.13 bits per heavy atom. The van der Waals surface area contributed by atoms with Gasteiger partial charge in [-0.1, -0.05) is 18.2 Å². The van der Waals surface area contributed by atoms with Crippen molar-refractivity contribution in [2.24, 2.45) is 4.99 Å². The minimum Gasteiger partial charge on any atom is -0.459 e. The van der Waals surface area contributed by atoms with Crippen LogP contribution in [0.15, 0.2) is 58.3 Å². The van der Waals surface area contributed by atoms with Crippen LogP contribution in [0.3, 0.4) is 0 Å². The molecule has 0 aliphatic carbocycles. The molecular weight excluding hydrogens is 493 g/mol. The van der Waals surface area contributed by atoms with Gasteiger partial charge in [-0.2, -0.15) is 0 Å². The highest BCUT2D eigenvalue weighted by Crippen LogP contribution is 2.18. The summed E-state index contributed by atoms with van der Waals surface area (Å²) in [7, 11) is 0. The highest BCUT2D eigenvalue weighted by molar-refractivity contribution is 14.0. The van der Waals surface area contributed by atoms with E-state index in [-0.39, 0.29) is 29.9 Å². The molecule has 0 radical (unpaired) electrons. The Hall–Kier alpha value is -2.49. The van der Waals surface area contributed by atoms with Gasteiger partial charge in [0.1, 0.15) is 0 Å². The van der Waals surface area contributed by atoms with Crippen LogP contribution in [0, 0.1) is 0 Å². The summed E-state index contributed by atoms with van der Waals surface area (Å²) in [6, 6.07) is 11.8. The van der Waals surface area contributed by atoms with Crippen LogP contribution >= 0.6 is 24.0 Å². The standard InChI is InChI=1S/C22H27N5O2.HI/c1-2-23-22(24-10-9-17-16-25-19-7-4-3-6-18(17)19)27-13-11-26(12-14-27)21(28)20-8-5-15-29-20;/h3-8,15-16,25H,2,9-14H2,1H3,(H,23,24);1H. The van der Waals surface area contributed by atoms with Gasteiger partial charge in [0.2, 0.25) is 0 Å². The van der Waals surface area contributed by atoms with Gasteiger partial charge in [0.25, 0.3) is 5.91 Å². The first-order valence-electron chi connectivity index (χ1n) is 10.2. The van der Waals surface area contributed by atoms with E-state index < -0.39 is 0 Å². The first-order valence-corrected chi connectivity index (χ1v) is 10.2. The quantitative estimate of drug-likeness (QED) is 0.307. The number of rotatable bonds is 5. The second-order valence-corrected chi connectivity index (χ2v) is 7.10. The van der Waals surface area contributed by atoms with E-state index in [1.807, 2.05) is 11.0 Å². The number of amides is 1. The van der Waals surface area contributed by atoms with E-state index in [1.165, 1.54) is 17.2 Å². The van der Waals surface area contributed by atoms with E-state index in [4.69, 9.17) is 9.41 Å². The van der Waals surface area contributed by atoms with Crippen molar-refractivity contribution in [2.75, 3.05) is 39.3 Å². The number of aromatic amines is 1. The lowest BCUT2D eigenvalue weighted by molar-refractivity contribution is 0.0657. The number of fused-ring (bicyclic) bond motifs is 1. The average molecular weight is 521 g/mol. The molecule has 0 atom stereocenters. The molecule has 1 fully saturated rings. The number of carbonyl (C=O) groups is 1. The van der Waals surface area contributed by atoms with Crippen molar-refractivity contribution in [1.29, 1.82) is 0 Å². The minimum atomic E-state index is -0.0454. The second kappa shape index (κ2) is 10.5. The monoisotopic (exact) mass is 521 g/mol. The molecule has 160 valence electrons. The number of H-pyrrole nitrogens is 1. The number of carbonyl (C=O) groups excluding carboxylic acids is 1. The number of aliphatic imine (C=N–C) groups is 1. The number of halogens is 1. The summed E-state index contributed by atoms with van der Waals surface area (Å²) < 4.78 is 5.24. The molecule has 8 heteroatoms. The third kappa shape index (κ3) is 4.97. The molecule has 0 saturated carbocycles. The molecule has 1 saturated heterocycles. The van der Waals surface area contributed by atoms with Crippen molar-refractivity contribution in [3.05, 3.63) is 60.2 Å². The largest absolute Gasteiger partial charge is 0.459 e. The Balaban J connectivity index is 0.00000256. The summed E-state index contributed by atoms with van der Waals surface area (Å²) in [4.78, 5) is 24.7. The van der Waals surface area contributed by atoms with Crippen molar-refractivity contribution in [3.8, 4) is 0 Å². The predicted molar refractivity (Wildman–Crippen MR) is 130 cm³/mol. The van der Waals surface area contributed by atoms with Gasteiger partial charge in [-0.3, -0.25) is 9.79 Å². The highest BCUT2D eigenvalue weighted by atomic mass is 127. The number of guanidine groups is 1. The molecule has 1 aliphatic heterocycles. The molecule has 0 bridgehead atoms. The Labute approximate surface area is 193 Å². The highest BCUT2D eigenvalue weighted by Gasteiger charge is 2.25. The van der Waals surface area contributed by atoms with Gasteiger partial charge >= 0.3 is 0 Å². The molecular formula is C22H28IN5O2. The Kier molecular flexibility index (Phi) is 7.78. The van der Waals surface area contributed by atoms with Gasteiger partial charge in [0.15, 0.2) is 11.7 Å². The number of aromatic nitrogens is 1. The fourth-order valence-electron chi connectivity index (χ4n) is 3.72. The lowest BCUT2D eigenvalue weighted by atomic mass is 10.1. The Bertz CT molecular complexity index is 975. The normalized spacial score (nSPS) is 14.6. The van der Waals surface area contributed by atoms with Gasteiger partial charge in [0.05, 0.1) is 6.26 Å². The maximum atomic E-state index is 12.4. The van der Waals surface area contributed by atoms with Crippen molar-refractivity contribution in [3.63, 3.8) is 0 Å². The third-order valence-electron chi connectivity index (χ3n) is 5.25. The van der Waals surface area contributed by atoms with Crippen LogP contribution in [0.4, 0.5) is 0 Å². The van der Waals surface area contributed by atoms with Gasteiger partial charge in [-0.05, 0) is 37.1 Å². The van der Waals surface area contributed by atoms with Crippen LogP contribution in [0.25, 0.3) is 10.9 Å². The predicted octanol–water partition coefficient (Wildman–Crippen LogP) is 3.34. The number of hydrogen-bond donors (Lipinski definition) is 2. The smallest absolute Gasteiger partial charge is 0.289 e. The molecule has 3 heterocycles. The Morgan fingerprint density at radius 2 is 1.90 bits per heavy atom. The SMILES string of the molecule is CCNC(=NCCc1c[nH]c2ccccc12)N1CCN(C(=O)c2ccco2)CC1.I. The van der Waals surface area contributed by atoms with Crippen LogP contribution in [0.1, 0.15) is 23.0 Å². The van der Waals surface area contributed by atoms with Crippen molar-refractivity contribution < 1.29 is 9.21 Å². The van der Waals surface area contributed by atoms with Crippen molar-refractivity contribution in [2.45, 2.75) is 13.3 Å². The zero-order valence-electron chi connectivity index (χ0n) is 17.1. The van der Waals surface area contributed by atoms with E-state index in [2.05, 4.69) is 46.5 Å². The van der Waals surface area contributed by atoms with Crippen LogP contribution in [-0.2, 0) is 6.42 Å². The molecule has 4 rings (SSSR count). The number of piperazine rings is 1. The Morgan fingerprint density at radius 3 is 2.63 bits per heavy atom. The first-order chi connectivity index (χ1) is 14.3. The summed E-state index contributed by atoms with van der Waals surface area (Å²) in [5, 5.41) is 4.65. The summed E-state index contributed by atoms with van der Waals surface area (Å²) >= 11 is 0. The molecule has 0 unspecified atom stereocenters. The molecule has 1 aromatic carbocycles. The molecule has 3 aromatic rings. The first kappa shape index (κ1) is 22.2. The van der Waals surface area contributed by atoms with E-state index in [0.29, 0.717) is 18.8 Å². The van der Waals surface area contributed by atoms with Crippen LogP contribution in [0.2, 0.25) is 0 Å². The van der Waals surface area contributed by atoms with Gasteiger partial charge in [-0.15, -0.1) is 24.0 Å². The van der Waals surface area contributed by atoms with E-state index in [9.17, 15) is 4.79 Å². The minimum absolute atomic E-state index is 0. The molecule has 0 spiro atoms. The van der Waals surface area contributed by atoms with E-state index >= 15 is 0 Å².